The van der Waals surface area contributed by atoms with Gasteiger partial charge < -0.3 is 9.51 Å². The zero-order valence-corrected chi connectivity index (χ0v) is 13.6. The van der Waals surface area contributed by atoms with Crippen molar-refractivity contribution in [2.45, 2.75) is 25.9 Å². The fraction of sp³-hybridized carbons (Fsp3) is 0.500. The molecule has 1 aliphatic heterocycles. The maximum atomic E-state index is 9.50. The highest BCUT2D eigenvalue weighted by molar-refractivity contribution is 5.65. The molecule has 1 atom stereocenters. The van der Waals surface area contributed by atoms with Crippen molar-refractivity contribution in [3.8, 4) is 6.07 Å². The molecule has 23 heavy (non-hydrogen) atoms. The van der Waals surface area contributed by atoms with Crippen molar-refractivity contribution < 1.29 is 5.11 Å². The molecule has 0 radical (unpaired) electrons. The molecule has 1 N–H and O–H groups in total. The number of hydrogen-bond donors (Lipinski definition) is 1. The third-order valence-corrected chi connectivity index (χ3v) is 4.87. The number of nitrogens with zero attached hydrogens (tertiary/aromatic N) is 4. The Labute approximate surface area is 137 Å². The minimum Gasteiger partial charge on any atom is -0.395 e. The number of hydrogen-bond acceptors (Lipinski definition) is 4. The van der Waals surface area contributed by atoms with E-state index in [1.54, 1.807) is 0 Å². The first-order valence-electron chi connectivity index (χ1n) is 8.32. The fourth-order valence-corrected chi connectivity index (χ4v) is 3.46. The Balaban J connectivity index is 1.69. The second kappa shape index (κ2) is 7.14. The highest BCUT2D eigenvalue weighted by Crippen LogP contribution is 2.20. The first kappa shape index (κ1) is 16.0. The molecule has 1 aliphatic rings. The molecule has 0 spiro atoms. The third-order valence-electron chi connectivity index (χ3n) is 4.87. The van der Waals surface area contributed by atoms with E-state index in [9.17, 15) is 10.4 Å². The minimum atomic E-state index is 0.236. The quantitative estimate of drug-likeness (QED) is 0.913. The van der Waals surface area contributed by atoms with E-state index >= 15 is 0 Å². The van der Waals surface area contributed by atoms with Crippen LogP contribution in [-0.2, 0) is 6.54 Å². The van der Waals surface area contributed by atoms with Gasteiger partial charge in [0.25, 0.3) is 0 Å². The third kappa shape index (κ3) is 3.25. The van der Waals surface area contributed by atoms with E-state index in [4.69, 9.17) is 0 Å². The van der Waals surface area contributed by atoms with Gasteiger partial charge in [-0.2, -0.15) is 5.26 Å². The van der Waals surface area contributed by atoms with E-state index in [0.717, 1.165) is 55.8 Å². The Kier molecular flexibility index (Phi) is 4.97. The largest absolute Gasteiger partial charge is 0.395 e. The van der Waals surface area contributed by atoms with Crippen LogP contribution in [0.3, 0.4) is 0 Å². The first-order valence-corrected chi connectivity index (χ1v) is 8.32. The average Bonchev–Trinajstić information content (AvgIpc) is 2.94. The van der Waals surface area contributed by atoms with Crippen LogP contribution in [0.25, 0.3) is 5.52 Å². The van der Waals surface area contributed by atoms with Crippen molar-refractivity contribution in [2.75, 3.05) is 32.8 Å². The number of nitriles is 1. The molecule has 0 aromatic carbocycles. The number of rotatable bonds is 5. The van der Waals surface area contributed by atoms with Crippen molar-refractivity contribution >= 4 is 5.52 Å². The second-order valence-electron chi connectivity index (χ2n) is 6.19. The monoisotopic (exact) mass is 312 g/mol. The molecule has 3 heterocycles. The van der Waals surface area contributed by atoms with E-state index in [1.165, 1.54) is 0 Å². The molecule has 0 saturated carbocycles. The van der Waals surface area contributed by atoms with Crippen molar-refractivity contribution in [3.05, 3.63) is 41.7 Å². The van der Waals surface area contributed by atoms with Crippen LogP contribution in [0.5, 0.6) is 0 Å². The van der Waals surface area contributed by atoms with Gasteiger partial charge in [0.1, 0.15) is 6.07 Å². The van der Waals surface area contributed by atoms with Gasteiger partial charge in [0.15, 0.2) is 0 Å². The Bertz CT molecular complexity index is 691. The van der Waals surface area contributed by atoms with E-state index in [1.807, 2.05) is 28.8 Å². The lowest BCUT2D eigenvalue weighted by molar-refractivity contribution is 0.0608. The predicted octanol–water partition coefficient (Wildman–Crippen LogP) is 1.70. The van der Waals surface area contributed by atoms with Crippen LogP contribution in [0.4, 0.5) is 0 Å². The number of pyridine rings is 1. The van der Waals surface area contributed by atoms with Crippen LogP contribution in [0.1, 0.15) is 24.5 Å². The van der Waals surface area contributed by atoms with Crippen LogP contribution >= 0.6 is 0 Å². The van der Waals surface area contributed by atoms with Crippen LogP contribution in [0.2, 0.25) is 0 Å². The van der Waals surface area contributed by atoms with Gasteiger partial charge >= 0.3 is 0 Å². The minimum absolute atomic E-state index is 0.236. The fourth-order valence-electron chi connectivity index (χ4n) is 3.46. The number of aliphatic hydroxyl groups excluding tert-OH is 1. The molecule has 5 nitrogen and oxygen atoms in total. The lowest BCUT2D eigenvalue weighted by Crippen LogP contribution is -2.50. The molecule has 0 bridgehead atoms. The highest BCUT2D eigenvalue weighted by Gasteiger charge is 2.23. The SMILES string of the molecule is CCC(CO)N1CCN(Cc2cn3ccccc3c2C#N)CC1. The lowest BCUT2D eigenvalue weighted by Gasteiger charge is -2.38. The van der Waals surface area contributed by atoms with E-state index in [0.29, 0.717) is 0 Å². The molecule has 1 fully saturated rings. The number of fused-ring (bicyclic) bond motifs is 1. The summed E-state index contributed by atoms with van der Waals surface area (Å²) >= 11 is 0. The summed E-state index contributed by atoms with van der Waals surface area (Å²) < 4.78 is 2.03. The molecule has 0 aliphatic carbocycles. The van der Waals surface area contributed by atoms with Crippen molar-refractivity contribution in [1.82, 2.24) is 14.2 Å². The Morgan fingerprint density at radius 1 is 1.26 bits per heavy atom. The zero-order valence-electron chi connectivity index (χ0n) is 13.6. The van der Waals surface area contributed by atoms with Gasteiger partial charge in [-0.3, -0.25) is 9.80 Å². The van der Waals surface area contributed by atoms with Gasteiger partial charge in [-0.05, 0) is 18.6 Å². The van der Waals surface area contributed by atoms with Gasteiger partial charge in [0.2, 0.25) is 0 Å². The molecule has 2 aromatic heterocycles. The lowest BCUT2D eigenvalue weighted by atomic mass is 10.1. The van der Waals surface area contributed by atoms with Crippen LogP contribution in [0, 0.1) is 11.3 Å². The summed E-state index contributed by atoms with van der Waals surface area (Å²) in [5.74, 6) is 0. The molecule has 2 aromatic rings. The molecule has 1 saturated heterocycles. The topological polar surface area (TPSA) is 54.9 Å². The Morgan fingerprint density at radius 2 is 2.04 bits per heavy atom. The predicted molar refractivity (Wildman–Crippen MR) is 90.1 cm³/mol. The van der Waals surface area contributed by atoms with Crippen LogP contribution in [0.15, 0.2) is 30.6 Å². The standard InChI is InChI=1S/C18H24N4O/c1-2-16(14-23)21-9-7-20(8-10-21)12-15-13-22-6-4-3-5-18(22)17(15)11-19/h3-6,13,16,23H,2,7-10,12,14H2,1H3. The summed E-state index contributed by atoms with van der Waals surface area (Å²) in [6, 6.07) is 8.59. The molecule has 0 amide bonds. The smallest absolute Gasteiger partial charge is 0.102 e. The van der Waals surface area contributed by atoms with Gasteiger partial charge in [-0.25, -0.2) is 0 Å². The van der Waals surface area contributed by atoms with Gasteiger partial charge in [0, 0.05) is 56.7 Å². The number of aliphatic hydroxyl groups is 1. The maximum Gasteiger partial charge on any atom is 0.102 e. The number of aromatic nitrogens is 1. The molecule has 5 heteroatoms. The van der Waals surface area contributed by atoms with Crippen LogP contribution in [-0.4, -0.2) is 58.1 Å². The van der Waals surface area contributed by atoms with E-state index < -0.39 is 0 Å². The normalized spacial score (nSPS) is 18.1. The maximum absolute atomic E-state index is 9.50. The van der Waals surface area contributed by atoms with Gasteiger partial charge in [0.05, 0.1) is 17.7 Å². The molecule has 122 valence electrons. The molecular weight excluding hydrogens is 288 g/mol. The number of piperazine rings is 1. The highest BCUT2D eigenvalue weighted by atomic mass is 16.3. The van der Waals surface area contributed by atoms with Gasteiger partial charge in [-0.15, -0.1) is 0 Å². The Morgan fingerprint density at radius 3 is 2.70 bits per heavy atom. The van der Waals surface area contributed by atoms with Crippen molar-refractivity contribution in [2.24, 2.45) is 0 Å². The van der Waals surface area contributed by atoms with E-state index in [2.05, 4.69) is 29.0 Å². The van der Waals surface area contributed by atoms with Gasteiger partial charge in [-0.1, -0.05) is 13.0 Å². The molecule has 1 unspecified atom stereocenters. The Hall–Kier alpha value is -1.87. The summed E-state index contributed by atoms with van der Waals surface area (Å²) in [5.41, 5.74) is 2.87. The summed E-state index contributed by atoms with van der Waals surface area (Å²) in [5, 5.41) is 18.9. The first-order chi connectivity index (χ1) is 11.3. The zero-order chi connectivity index (χ0) is 16.2. The average molecular weight is 312 g/mol. The van der Waals surface area contributed by atoms with E-state index in [-0.39, 0.29) is 12.6 Å². The summed E-state index contributed by atoms with van der Waals surface area (Å²) in [7, 11) is 0. The second-order valence-corrected chi connectivity index (χ2v) is 6.19. The van der Waals surface area contributed by atoms with Crippen LogP contribution < -0.4 is 0 Å². The molecule has 3 rings (SSSR count). The summed E-state index contributed by atoms with van der Waals surface area (Å²) in [4.78, 5) is 4.77. The summed E-state index contributed by atoms with van der Waals surface area (Å²) in [6.45, 7) is 7.09. The summed E-state index contributed by atoms with van der Waals surface area (Å²) in [6.07, 6.45) is 5.05. The van der Waals surface area contributed by atoms with Crippen molar-refractivity contribution in [1.29, 1.82) is 5.26 Å². The van der Waals surface area contributed by atoms with Crippen molar-refractivity contribution in [3.63, 3.8) is 0 Å². The molecular formula is C18H24N4O.